The Hall–Kier alpha value is -2.33. The largest absolute Gasteiger partial charge is 0.478 e. The first-order valence-corrected chi connectivity index (χ1v) is 7.00. The molecule has 0 aliphatic rings. The number of rotatable bonds is 5. The fourth-order valence-electron chi connectivity index (χ4n) is 1.78. The zero-order chi connectivity index (χ0) is 16.3. The monoisotopic (exact) mass is 325 g/mol. The molecule has 2 rings (SSSR count). The third kappa shape index (κ3) is 3.65. The first-order chi connectivity index (χ1) is 10.3. The number of ether oxygens (including phenoxy) is 1. The second kappa shape index (κ2) is 6.20. The van der Waals surface area contributed by atoms with E-state index in [0.717, 1.165) is 0 Å². The lowest BCUT2D eigenvalue weighted by Gasteiger charge is -2.21. The molecule has 0 amide bonds. The van der Waals surface area contributed by atoms with Crippen LogP contribution in [0.2, 0.25) is 5.02 Å². The average Bonchev–Trinajstić information content (AvgIpc) is 2.47. The molecule has 2 aromatic rings. The summed E-state index contributed by atoms with van der Waals surface area (Å²) in [5.74, 6) is -0.811. The highest BCUT2D eigenvalue weighted by atomic mass is 35.5. The van der Waals surface area contributed by atoms with Crippen LogP contribution < -0.4 is 4.74 Å². The van der Waals surface area contributed by atoms with E-state index in [1.807, 2.05) is 0 Å². The Morgan fingerprint density at radius 3 is 1.86 bits per heavy atom. The molecule has 4 nitrogen and oxygen atoms in total. The number of carboxylic acid groups (broad SMARTS) is 1. The summed E-state index contributed by atoms with van der Waals surface area (Å²) in [7, 11) is 0. The van der Waals surface area contributed by atoms with Gasteiger partial charge >= 0.3 is 5.97 Å². The third-order valence-electron chi connectivity index (χ3n) is 3.11. The van der Waals surface area contributed by atoms with E-state index in [1.54, 1.807) is 48.5 Å². The molecule has 1 atom stereocenters. The van der Waals surface area contributed by atoms with Crippen LogP contribution in [0.4, 0.5) is 0 Å². The fourth-order valence-corrected chi connectivity index (χ4v) is 1.91. The minimum absolute atomic E-state index is 0.138. The minimum Gasteiger partial charge on any atom is -0.478 e. The Labute approximate surface area is 133 Å². The average molecular weight is 326 g/mol. The van der Waals surface area contributed by atoms with Gasteiger partial charge in [-0.2, -0.15) is 0 Å². The zero-order valence-electron chi connectivity index (χ0n) is 12.2. The number of hydrogen-bond donors (Lipinski definition) is 1. The lowest BCUT2D eigenvalue weighted by Crippen LogP contribution is -2.37. The number of ketones is 1. The molecule has 22 heavy (non-hydrogen) atoms. The van der Waals surface area contributed by atoms with Crippen LogP contribution in [0.25, 0.3) is 0 Å². The van der Waals surface area contributed by atoms with Crippen LogP contribution in [-0.4, -0.2) is 22.5 Å². The molecule has 0 saturated carbocycles. The third-order valence-corrected chi connectivity index (χ3v) is 3.36. The summed E-state index contributed by atoms with van der Waals surface area (Å²) >= 11 is 5.79. The lowest BCUT2D eigenvalue weighted by atomic mass is 10.2. The van der Waals surface area contributed by atoms with Crippen molar-refractivity contribution >= 4 is 23.4 Å². The summed E-state index contributed by atoms with van der Waals surface area (Å²) in [4.78, 5) is 23.3. The predicted octanol–water partition coefficient (Wildman–Crippen LogP) is 3.81. The van der Waals surface area contributed by atoms with Gasteiger partial charge in [0.1, 0.15) is 5.75 Å². The number of hydrogen-bond acceptors (Lipinski definition) is 3. The summed E-state index contributed by atoms with van der Waals surface area (Å²) in [6, 6.07) is 13.0. The van der Waals surface area contributed by atoms with Crippen LogP contribution in [0.3, 0.4) is 0 Å². The summed E-state index contributed by atoms with van der Waals surface area (Å²) in [5.41, 5.74) is -0.312. The van der Waals surface area contributed by atoms with E-state index < -0.39 is 11.6 Å². The normalized spacial score (nSPS) is 13.2. The summed E-state index contributed by atoms with van der Waals surface area (Å²) < 4.78 is 5.39. The molecule has 5 heteroatoms. The van der Waals surface area contributed by atoms with Gasteiger partial charge in [0.05, 0.1) is 0 Å². The van der Waals surface area contributed by atoms with Crippen molar-refractivity contribution in [2.24, 2.45) is 0 Å². The highest BCUT2D eigenvalue weighted by molar-refractivity contribution is 6.30. The molecule has 2 aromatic carbocycles. The lowest BCUT2D eigenvalue weighted by molar-refractivity contribution is -0.152. The maximum Gasteiger partial charge on any atom is 0.347 e. The van der Waals surface area contributed by atoms with Gasteiger partial charge in [-0.3, -0.25) is 4.79 Å². The van der Waals surface area contributed by atoms with Crippen molar-refractivity contribution < 1.29 is 19.4 Å². The number of carboxylic acids is 1. The highest BCUT2D eigenvalue weighted by Crippen LogP contribution is 2.21. The molecule has 0 spiro atoms. The molecule has 114 valence electrons. The van der Waals surface area contributed by atoms with Crippen LogP contribution in [0.5, 0.6) is 5.75 Å². The van der Waals surface area contributed by atoms with E-state index in [9.17, 15) is 9.59 Å². The standard InChI is InChI=1S/C17H15ClO4/c1-17(2,16(20)21)22-14-9-5-12(6-10-14)15(19)11-3-7-13(18)8-4-11/h3-10H,1-2H3,(H,20,21)/i1+1,5+1,6+1,9+1,10+1,12+1,14+1. The molecule has 0 aliphatic heterocycles. The first kappa shape index (κ1) is 16.0. The Balaban J connectivity index is 2.16. The maximum absolute atomic E-state index is 12.3. The molecule has 0 fully saturated rings. The van der Waals surface area contributed by atoms with Crippen molar-refractivity contribution in [1.82, 2.24) is 0 Å². The van der Waals surface area contributed by atoms with Gasteiger partial charge in [0.15, 0.2) is 11.4 Å². The highest BCUT2D eigenvalue weighted by Gasteiger charge is 2.29. The molecule has 1 unspecified atom stereocenters. The topological polar surface area (TPSA) is 63.6 Å². The number of aliphatic carboxylic acids is 1. The van der Waals surface area contributed by atoms with Crippen molar-refractivity contribution in [3.05, 3.63) is 64.7 Å². The fraction of sp³-hybridized carbons (Fsp3) is 0.176. The van der Waals surface area contributed by atoms with Crippen molar-refractivity contribution in [2.45, 2.75) is 19.4 Å². The Morgan fingerprint density at radius 1 is 0.955 bits per heavy atom. The second-order valence-corrected chi connectivity index (χ2v) is 5.71. The SMILES string of the molecule is CC([13CH3])(O[13c]1[13cH][13cH][13c](C(=O)c2ccc(Cl)cc2)[13cH][13cH]1)C(=O)O. The van der Waals surface area contributed by atoms with Gasteiger partial charge in [0, 0.05) is 16.1 Å². The molecule has 1 N–H and O–H groups in total. The predicted molar refractivity (Wildman–Crippen MR) is 83.7 cm³/mol. The van der Waals surface area contributed by atoms with Crippen molar-refractivity contribution in [3.63, 3.8) is 0 Å². The molecule has 0 heterocycles. The number of carbonyl (C=O) groups excluding carboxylic acids is 1. The van der Waals surface area contributed by atoms with Crippen molar-refractivity contribution in [2.75, 3.05) is 0 Å². The number of halogens is 1. The van der Waals surface area contributed by atoms with Gasteiger partial charge in [-0.25, -0.2) is 4.79 Å². The van der Waals surface area contributed by atoms with Gasteiger partial charge in [-0.05, 0) is 62.4 Å². The first-order valence-electron chi connectivity index (χ1n) is 6.62. The smallest absolute Gasteiger partial charge is 0.347 e. The molecule has 0 radical (unpaired) electrons. The van der Waals surface area contributed by atoms with Gasteiger partial charge in [-0.1, -0.05) is 11.6 Å². The Morgan fingerprint density at radius 2 is 1.41 bits per heavy atom. The van der Waals surface area contributed by atoms with E-state index in [0.29, 0.717) is 21.9 Å². The van der Waals surface area contributed by atoms with E-state index >= 15 is 0 Å². The van der Waals surface area contributed by atoms with E-state index in [2.05, 4.69) is 0 Å². The maximum atomic E-state index is 12.3. The van der Waals surface area contributed by atoms with Crippen LogP contribution in [0.15, 0.2) is 48.5 Å². The van der Waals surface area contributed by atoms with Gasteiger partial charge in [0.25, 0.3) is 0 Å². The van der Waals surface area contributed by atoms with E-state index in [4.69, 9.17) is 21.4 Å². The number of benzene rings is 2. The van der Waals surface area contributed by atoms with E-state index in [1.165, 1.54) is 13.8 Å². The minimum atomic E-state index is -1.33. The van der Waals surface area contributed by atoms with Crippen LogP contribution >= 0.6 is 11.6 Å². The molecular weight excluding hydrogens is 311 g/mol. The molecule has 0 saturated heterocycles. The Bertz CT molecular complexity index is 688. The second-order valence-electron chi connectivity index (χ2n) is 5.28. The summed E-state index contributed by atoms with van der Waals surface area (Å²) in [6.07, 6.45) is 0. The molecule has 0 aromatic heterocycles. The summed E-state index contributed by atoms with van der Waals surface area (Å²) in [5, 5.41) is 9.59. The van der Waals surface area contributed by atoms with Gasteiger partial charge in [0.2, 0.25) is 0 Å². The molecule has 0 bridgehead atoms. The van der Waals surface area contributed by atoms with Crippen LogP contribution in [0.1, 0.15) is 29.8 Å². The van der Waals surface area contributed by atoms with Gasteiger partial charge < -0.3 is 9.84 Å². The van der Waals surface area contributed by atoms with E-state index in [-0.39, 0.29) is 5.78 Å². The summed E-state index contributed by atoms with van der Waals surface area (Å²) in [6.45, 7) is 2.92. The number of carbonyl (C=O) groups is 2. The van der Waals surface area contributed by atoms with Crippen molar-refractivity contribution in [1.29, 1.82) is 0 Å². The van der Waals surface area contributed by atoms with Gasteiger partial charge in [-0.15, -0.1) is 0 Å². The quantitative estimate of drug-likeness (QED) is 0.670. The Kier molecular flexibility index (Phi) is 4.52. The van der Waals surface area contributed by atoms with Crippen LogP contribution in [-0.2, 0) is 4.79 Å². The zero-order valence-corrected chi connectivity index (χ0v) is 12.9. The van der Waals surface area contributed by atoms with Crippen LogP contribution in [0, 0.1) is 0 Å². The van der Waals surface area contributed by atoms with Crippen molar-refractivity contribution in [3.8, 4) is 5.75 Å². The molecular formula is C17H15ClO4. The molecule has 0 aliphatic carbocycles.